The molecule has 1 rings (SSSR count). The predicted octanol–water partition coefficient (Wildman–Crippen LogP) is 3.35. The summed E-state index contributed by atoms with van der Waals surface area (Å²) >= 11 is 0. The average molecular weight is 249 g/mol. The second kappa shape index (κ2) is 5.54. The number of rotatable bonds is 2. The second-order valence-corrected chi connectivity index (χ2v) is 4.81. The molecule has 0 fully saturated rings. The van der Waals surface area contributed by atoms with Crippen molar-refractivity contribution in [2.45, 2.75) is 32.8 Å². The monoisotopic (exact) mass is 249 g/mol. The van der Waals surface area contributed by atoms with E-state index in [0.717, 1.165) is 0 Å². The van der Waals surface area contributed by atoms with Gasteiger partial charge in [-0.15, -0.1) is 12.3 Å². The molecule has 96 valence electrons. The first-order valence-electron chi connectivity index (χ1n) is 5.54. The molecule has 0 spiro atoms. The maximum absolute atomic E-state index is 13.5. The van der Waals surface area contributed by atoms with E-state index in [1.807, 2.05) is 0 Å². The highest BCUT2D eigenvalue weighted by Crippen LogP contribution is 2.16. The highest BCUT2D eigenvalue weighted by atomic mass is 19.1. The van der Waals surface area contributed by atoms with Crippen LogP contribution in [-0.2, 0) is 11.2 Å². The zero-order chi connectivity index (χ0) is 13.8. The van der Waals surface area contributed by atoms with Gasteiger partial charge in [0, 0.05) is 12.1 Å². The number of carbonyl (C=O) groups is 1. The molecule has 18 heavy (non-hydrogen) atoms. The summed E-state index contributed by atoms with van der Waals surface area (Å²) in [6.45, 7) is 5.26. The lowest BCUT2D eigenvalue weighted by Gasteiger charge is -2.19. The van der Waals surface area contributed by atoms with E-state index >= 15 is 0 Å². The summed E-state index contributed by atoms with van der Waals surface area (Å²) in [5.41, 5.74) is 0.168. The van der Waals surface area contributed by atoms with Gasteiger partial charge in [0.05, 0.1) is 0 Å². The fourth-order valence-corrected chi connectivity index (χ4v) is 1.30. The van der Waals surface area contributed by atoms with Crippen molar-refractivity contribution in [3.8, 4) is 12.3 Å². The molecule has 1 N–H and O–H groups in total. The molecule has 0 saturated heterocycles. The number of amides is 1. The van der Waals surface area contributed by atoms with Crippen molar-refractivity contribution in [1.29, 1.82) is 0 Å². The van der Waals surface area contributed by atoms with Gasteiger partial charge in [0.15, 0.2) is 0 Å². The summed E-state index contributed by atoms with van der Waals surface area (Å²) < 4.78 is 18.6. The SMILES string of the molecule is C#CCc1ccc(NC(=O)OC(C)(C)C)cc1F. The lowest BCUT2D eigenvalue weighted by Crippen LogP contribution is -2.27. The number of ether oxygens (including phenoxy) is 1. The molecule has 1 amide bonds. The lowest BCUT2D eigenvalue weighted by molar-refractivity contribution is 0.0636. The van der Waals surface area contributed by atoms with Crippen molar-refractivity contribution in [3.05, 3.63) is 29.6 Å². The van der Waals surface area contributed by atoms with Gasteiger partial charge < -0.3 is 4.74 Å². The number of hydrogen-bond acceptors (Lipinski definition) is 2. The van der Waals surface area contributed by atoms with Crippen LogP contribution < -0.4 is 5.32 Å². The van der Waals surface area contributed by atoms with Crippen molar-refractivity contribution in [2.75, 3.05) is 5.32 Å². The van der Waals surface area contributed by atoms with Gasteiger partial charge in [0.25, 0.3) is 0 Å². The average Bonchev–Trinajstić information content (AvgIpc) is 2.19. The number of benzene rings is 1. The summed E-state index contributed by atoms with van der Waals surface area (Å²) in [5.74, 6) is 1.92. The van der Waals surface area contributed by atoms with E-state index in [1.165, 1.54) is 6.07 Å². The highest BCUT2D eigenvalue weighted by molar-refractivity contribution is 5.84. The zero-order valence-corrected chi connectivity index (χ0v) is 10.7. The van der Waals surface area contributed by atoms with Crippen LogP contribution in [0.5, 0.6) is 0 Å². The third kappa shape index (κ3) is 4.46. The molecule has 1 aromatic carbocycles. The van der Waals surface area contributed by atoms with Crippen LogP contribution in [0.2, 0.25) is 0 Å². The normalized spacial score (nSPS) is 10.6. The lowest BCUT2D eigenvalue weighted by atomic mass is 10.1. The summed E-state index contributed by atoms with van der Waals surface area (Å²) in [5, 5.41) is 2.46. The maximum atomic E-state index is 13.5. The van der Waals surface area contributed by atoms with Crippen LogP contribution in [0.1, 0.15) is 26.3 Å². The molecule has 0 aliphatic carbocycles. The van der Waals surface area contributed by atoms with E-state index in [9.17, 15) is 9.18 Å². The van der Waals surface area contributed by atoms with Gasteiger partial charge in [0.1, 0.15) is 11.4 Å². The van der Waals surface area contributed by atoms with Gasteiger partial charge in [-0.2, -0.15) is 0 Å². The molecule has 0 atom stereocenters. The van der Waals surface area contributed by atoms with Crippen LogP contribution in [0, 0.1) is 18.2 Å². The molecule has 0 saturated carbocycles. The molecule has 4 heteroatoms. The minimum atomic E-state index is -0.619. The van der Waals surface area contributed by atoms with E-state index < -0.39 is 17.5 Å². The minimum Gasteiger partial charge on any atom is -0.444 e. The summed E-state index contributed by atoms with van der Waals surface area (Å²) in [4.78, 5) is 11.5. The van der Waals surface area contributed by atoms with Crippen molar-refractivity contribution in [3.63, 3.8) is 0 Å². The smallest absolute Gasteiger partial charge is 0.412 e. The Morgan fingerprint density at radius 3 is 2.67 bits per heavy atom. The Morgan fingerprint density at radius 1 is 1.50 bits per heavy atom. The van der Waals surface area contributed by atoms with Crippen molar-refractivity contribution < 1.29 is 13.9 Å². The maximum Gasteiger partial charge on any atom is 0.412 e. The first-order valence-corrected chi connectivity index (χ1v) is 5.54. The van der Waals surface area contributed by atoms with Crippen LogP contribution in [0.15, 0.2) is 18.2 Å². The molecule has 1 aromatic rings. The van der Waals surface area contributed by atoms with Crippen molar-refractivity contribution >= 4 is 11.8 Å². The van der Waals surface area contributed by atoms with Gasteiger partial charge >= 0.3 is 6.09 Å². The zero-order valence-electron chi connectivity index (χ0n) is 10.7. The molecule has 0 unspecified atom stereocenters. The fourth-order valence-electron chi connectivity index (χ4n) is 1.30. The number of terminal acetylenes is 1. The first kappa shape index (κ1) is 14.0. The number of anilines is 1. The Labute approximate surface area is 106 Å². The standard InChI is InChI=1S/C14H16FNO2/c1-5-6-10-7-8-11(9-12(10)15)16-13(17)18-14(2,3)4/h1,7-9H,6H2,2-4H3,(H,16,17). The van der Waals surface area contributed by atoms with Gasteiger partial charge in [-0.25, -0.2) is 9.18 Å². The summed E-state index contributed by atoms with van der Waals surface area (Å²) in [6, 6.07) is 4.35. The van der Waals surface area contributed by atoms with Gasteiger partial charge in [0.2, 0.25) is 0 Å². The second-order valence-electron chi connectivity index (χ2n) is 4.81. The minimum absolute atomic E-state index is 0.221. The number of carbonyl (C=O) groups excluding carboxylic acids is 1. The Bertz CT molecular complexity index is 484. The molecule has 0 aromatic heterocycles. The van der Waals surface area contributed by atoms with Crippen LogP contribution in [-0.4, -0.2) is 11.7 Å². The Morgan fingerprint density at radius 2 is 2.17 bits per heavy atom. The third-order valence-electron chi connectivity index (χ3n) is 1.99. The molecule has 0 radical (unpaired) electrons. The third-order valence-corrected chi connectivity index (χ3v) is 1.99. The highest BCUT2D eigenvalue weighted by Gasteiger charge is 2.16. The topological polar surface area (TPSA) is 38.3 Å². The molecular formula is C14H16FNO2. The van der Waals surface area contributed by atoms with Gasteiger partial charge in [-0.1, -0.05) is 6.07 Å². The van der Waals surface area contributed by atoms with E-state index in [2.05, 4.69) is 11.2 Å². The largest absolute Gasteiger partial charge is 0.444 e. The van der Waals surface area contributed by atoms with Crippen molar-refractivity contribution in [2.24, 2.45) is 0 Å². The van der Waals surface area contributed by atoms with Crippen LogP contribution in [0.4, 0.5) is 14.9 Å². The Balaban J connectivity index is 2.72. The van der Waals surface area contributed by atoms with E-state index in [-0.39, 0.29) is 6.42 Å². The molecule has 3 nitrogen and oxygen atoms in total. The van der Waals surface area contributed by atoms with E-state index in [1.54, 1.807) is 32.9 Å². The Hall–Kier alpha value is -2.02. The van der Waals surface area contributed by atoms with Crippen molar-refractivity contribution in [1.82, 2.24) is 0 Å². The van der Waals surface area contributed by atoms with Gasteiger partial charge in [-0.05, 0) is 38.5 Å². The molecule has 0 heterocycles. The summed E-state index contributed by atoms with van der Waals surface area (Å²) in [6.07, 6.45) is 4.71. The van der Waals surface area contributed by atoms with Crippen LogP contribution in [0.3, 0.4) is 0 Å². The van der Waals surface area contributed by atoms with E-state index in [4.69, 9.17) is 11.2 Å². The van der Waals surface area contributed by atoms with Crippen LogP contribution >= 0.6 is 0 Å². The predicted molar refractivity (Wildman–Crippen MR) is 68.8 cm³/mol. The summed E-state index contributed by atoms with van der Waals surface area (Å²) in [7, 11) is 0. The molecular weight excluding hydrogens is 233 g/mol. The first-order chi connectivity index (χ1) is 8.31. The fraction of sp³-hybridized carbons (Fsp3) is 0.357. The molecule has 0 bridgehead atoms. The number of nitrogens with one attached hydrogen (secondary N) is 1. The number of halogens is 1. The van der Waals surface area contributed by atoms with Crippen LogP contribution in [0.25, 0.3) is 0 Å². The number of hydrogen-bond donors (Lipinski definition) is 1. The Kier molecular flexibility index (Phi) is 4.33. The van der Waals surface area contributed by atoms with Gasteiger partial charge in [-0.3, -0.25) is 5.32 Å². The van der Waals surface area contributed by atoms with E-state index in [0.29, 0.717) is 11.3 Å². The molecule has 0 aliphatic heterocycles. The quantitative estimate of drug-likeness (QED) is 0.816. The molecule has 0 aliphatic rings.